The zero-order valence-corrected chi connectivity index (χ0v) is 11.3. The van der Waals surface area contributed by atoms with E-state index in [0.717, 1.165) is 25.9 Å². The van der Waals surface area contributed by atoms with Crippen molar-refractivity contribution < 1.29 is 4.79 Å². The molecule has 0 radical (unpaired) electrons. The van der Waals surface area contributed by atoms with E-state index < -0.39 is 0 Å². The van der Waals surface area contributed by atoms with E-state index in [0.29, 0.717) is 12.1 Å². The third kappa shape index (κ3) is 4.84. The van der Waals surface area contributed by atoms with Gasteiger partial charge in [-0.25, -0.2) is 4.79 Å². The van der Waals surface area contributed by atoms with Gasteiger partial charge in [0.1, 0.15) is 0 Å². The first kappa shape index (κ1) is 13.7. The Balaban J connectivity index is 1.48. The fourth-order valence-electron chi connectivity index (χ4n) is 2.72. The van der Waals surface area contributed by atoms with Crippen molar-refractivity contribution in [2.75, 3.05) is 13.1 Å². The minimum atomic E-state index is 0.00219. The summed E-state index contributed by atoms with van der Waals surface area (Å²) >= 11 is 0. The molecule has 2 aliphatic rings. The van der Waals surface area contributed by atoms with Gasteiger partial charge in [0, 0.05) is 25.2 Å². The van der Waals surface area contributed by atoms with Crippen LogP contribution in [0.1, 0.15) is 57.8 Å². The van der Waals surface area contributed by atoms with E-state index in [9.17, 15) is 4.79 Å². The van der Waals surface area contributed by atoms with Crippen LogP contribution in [0.15, 0.2) is 0 Å². The van der Waals surface area contributed by atoms with Crippen LogP contribution < -0.4 is 16.0 Å². The van der Waals surface area contributed by atoms with Crippen molar-refractivity contribution in [1.29, 1.82) is 0 Å². The first-order chi connectivity index (χ1) is 8.84. The van der Waals surface area contributed by atoms with Gasteiger partial charge in [-0.1, -0.05) is 25.7 Å². The molecular weight excluding hydrogens is 226 g/mol. The average Bonchev–Trinajstić information content (AvgIpc) is 2.58. The van der Waals surface area contributed by atoms with Crippen molar-refractivity contribution in [3.05, 3.63) is 0 Å². The molecule has 104 valence electrons. The normalized spacial score (nSPS) is 22.0. The summed E-state index contributed by atoms with van der Waals surface area (Å²) < 4.78 is 0. The van der Waals surface area contributed by atoms with Crippen molar-refractivity contribution in [2.45, 2.75) is 69.9 Å². The van der Waals surface area contributed by atoms with Crippen LogP contribution in [0.2, 0.25) is 0 Å². The molecule has 0 atom stereocenters. The Labute approximate surface area is 110 Å². The van der Waals surface area contributed by atoms with Crippen LogP contribution in [0.4, 0.5) is 4.79 Å². The molecule has 0 bridgehead atoms. The van der Waals surface area contributed by atoms with E-state index in [1.165, 1.54) is 44.9 Å². The summed E-state index contributed by atoms with van der Waals surface area (Å²) in [5.74, 6) is 0. The van der Waals surface area contributed by atoms with Crippen LogP contribution in [0.3, 0.4) is 0 Å². The van der Waals surface area contributed by atoms with Crippen molar-refractivity contribution in [3.63, 3.8) is 0 Å². The van der Waals surface area contributed by atoms with E-state index in [1.807, 2.05) is 0 Å². The molecule has 0 unspecified atom stereocenters. The Morgan fingerprint density at radius 3 is 2.11 bits per heavy atom. The maximum absolute atomic E-state index is 11.5. The van der Waals surface area contributed by atoms with Gasteiger partial charge in [-0.2, -0.15) is 0 Å². The van der Waals surface area contributed by atoms with Gasteiger partial charge in [0.2, 0.25) is 0 Å². The summed E-state index contributed by atoms with van der Waals surface area (Å²) in [5, 5.41) is 9.47. The summed E-state index contributed by atoms with van der Waals surface area (Å²) in [6.45, 7) is 1.62. The third-order valence-electron chi connectivity index (χ3n) is 4.14. The minimum absolute atomic E-state index is 0.00219. The molecule has 2 rings (SSSR count). The third-order valence-corrected chi connectivity index (χ3v) is 4.14. The summed E-state index contributed by atoms with van der Waals surface area (Å²) in [7, 11) is 0. The average molecular weight is 253 g/mol. The van der Waals surface area contributed by atoms with Gasteiger partial charge in [-0.3, -0.25) is 0 Å². The monoisotopic (exact) mass is 253 g/mol. The Morgan fingerprint density at radius 2 is 1.50 bits per heavy atom. The predicted octanol–water partition coefficient (Wildman–Crippen LogP) is 2.15. The number of amides is 2. The lowest BCUT2D eigenvalue weighted by atomic mass is 9.93. The number of hydrogen-bond donors (Lipinski definition) is 3. The molecule has 0 aromatic rings. The second-order valence-corrected chi connectivity index (χ2v) is 5.67. The zero-order valence-electron chi connectivity index (χ0n) is 11.3. The van der Waals surface area contributed by atoms with Crippen LogP contribution in [-0.2, 0) is 0 Å². The topological polar surface area (TPSA) is 53.2 Å². The molecule has 2 saturated carbocycles. The molecule has 2 fully saturated rings. The Hall–Kier alpha value is -0.770. The highest BCUT2D eigenvalue weighted by Gasteiger charge is 2.18. The van der Waals surface area contributed by atoms with Gasteiger partial charge in [0.05, 0.1) is 0 Å². The number of nitrogens with one attached hydrogen (secondary N) is 3. The lowest BCUT2D eigenvalue weighted by molar-refractivity contribution is 0.228. The highest BCUT2D eigenvalue weighted by Crippen LogP contribution is 2.18. The number of rotatable bonds is 5. The minimum Gasteiger partial charge on any atom is -0.337 e. The van der Waals surface area contributed by atoms with Crippen molar-refractivity contribution in [1.82, 2.24) is 16.0 Å². The van der Waals surface area contributed by atoms with Crippen molar-refractivity contribution in [2.24, 2.45) is 0 Å². The lowest BCUT2D eigenvalue weighted by Gasteiger charge is -2.26. The molecule has 0 aliphatic heterocycles. The van der Waals surface area contributed by atoms with Gasteiger partial charge >= 0.3 is 6.03 Å². The van der Waals surface area contributed by atoms with E-state index in [4.69, 9.17) is 0 Å². The second-order valence-electron chi connectivity index (χ2n) is 5.67. The van der Waals surface area contributed by atoms with Gasteiger partial charge in [0.15, 0.2) is 0 Å². The summed E-state index contributed by atoms with van der Waals surface area (Å²) in [6.07, 6.45) is 11.6. The maximum Gasteiger partial charge on any atom is 0.315 e. The molecule has 0 aromatic carbocycles. The van der Waals surface area contributed by atoms with Crippen LogP contribution in [-0.4, -0.2) is 31.2 Å². The second kappa shape index (κ2) is 7.62. The first-order valence-electron chi connectivity index (χ1n) is 7.62. The quantitative estimate of drug-likeness (QED) is 0.519. The van der Waals surface area contributed by atoms with E-state index >= 15 is 0 Å². The van der Waals surface area contributed by atoms with Crippen LogP contribution >= 0.6 is 0 Å². The smallest absolute Gasteiger partial charge is 0.315 e. The molecule has 2 aliphatic carbocycles. The number of carbonyl (C=O) groups excluding carboxylic acids is 1. The van der Waals surface area contributed by atoms with Crippen LogP contribution in [0.25, 0.3) is 0 Å². The lowest BCUT2D eigenvalue weighted by Crippen LogP contribution is -2.47. The predicted molar refractivity (Wildman–Crippen MR) is 73.7 cm³/mol. The Kier molecular flexibility index (Phi) is 5.78. The van der Waals surface area contributed by atoms with Gasteiger partial charge < -0.3 is 16.0 Å². The van der Waals surface area contributed by atoms with Gasteiger partial charge in [0.25, 0.3) is 0 Å². The van der Waals surface area contributed by atoms with E-state index in [1.54, 1.807) is 0 Å². The van der Waals surface area contributed by atoms with Crippen molar-refractivity contribution in [3.8, 4) is 0 Å². The standard InChI is InChI=1S/C14H27N3O/c18-14(17-13-8-5-9-13)16-11-10-15-12-6-3-1-2-4-7-12/h12-13,15H,1-11H2,(H2,16,17,18). The summed E-state index contributed by atoms with van der Waals surface area (Å²) in [4.78, 5) is 11.5. The molecule has 3 N–H and O–H groups in total. The highest BCUT2D eigenvalue weighted by atomic mass is 16.2. The molecule has 4 nitrogen and oxygen atoms in total. The molecule has 0 spiro atoms. The summed E-state index contributed by atoms with van der Waals surface area (Å²) in [6, 6.07) is 1.10. The molecule has 18 heavy (non-hydrogen) atoms. The molecular formula is C14H27N3O. The largest absolute Gasteiger partial charge is 0.337 e. The van der Waals surface area contributed by atoms with Crippen LogP contribution in [0.5, 0.6) is 0 Å². The fourth-order valence-corrected chi connectivity index (χ4v) is 2.72. The van der Waals surface area contributed by atoms with Crippen molar-refractivity contribution >= 4 is 6.03 Å². The fraction of sp³-hybridized carbons (Fsp3) is 0.929. The molecule has 0 saturated heterocycles. The SMILES string of the molecule is O=C(NCCNC1CCCCCC1)NC1CCC1. The highest BCUT2D eigenvalue weighted by molar-refractivity contribution is 5.74. The summed E-state index contributed by atoms with van der Waals surface area (Å²) in [5.41, 5.74) is 0. The Bertz CT molecular complexity index is 245. The zero-order chi connectivity index (χ0) is 12.6. The van der Waals surface area contributed by atoms with Crippen LogP contribution in [0, 0.1) is 0 Å². The molecule has 4 heteroatoms. The molecule has 2 amide bonds. The van der Waals surface area contributed by atoms with E-state index in [-0.39, 0.29) is 6.03 Å². The number of urea groups is 1. The number of carbonyl (C=O) groups is 1. The first-order valence-corrected chi connectivity index (χ1v) is 7.62. The molecule has 0 aromatic heterocycles. The van der Waals surface area contributed by atoms with Gasteiger partial charge in [-0.05, 0) is 32.1 Å². The van der Waals surface area contributed by atoms with E-state index in [2.05, 4.69) is 16.0 Å². The maximum atomic E-state index is 11.5. The Morgan fingerprint density at radius 1 is 0.833 bits per heavy atom. The molecule has 0 heterocycles. The van der Waals surface area contributed by atoms with Gasteiger partial charge in [-0.15, -0.1) is 0 Å². The number of hydrogen-bond acceptors (Lipinski definition) is 2.